The Morgan fingerprint density at radius 3 is 2.74 bits per heavy atom. The number of fused-ring (bicyclic) bond motifs is 1. The minimum Gasteiger partial charge on any atom is -0.486 e. The fourth-order valence-corrected chi connectivity index (χ4v) is 3.10. The van der Waals surface area contributed by atoms with Crippen LogP contribution in [0.3, 0.4) is 0 Å². The molecule has 0 bridgehead atoms. The summed E-state index contributed by atoms with van der Waals surface area (Å²) in [6, 6.07) is 3.83. The zero-order chi connectivity index (χ0) is 13.2. The second-order valence-corrected chi connectivity index (χ2v) is 6.49. The lowest BCUT2D eigenvalue weighted by molar-refractivity contribution is 0.171. The van der Waals surface area contributed by atoms with Crippen molar-refractivity contribution < 1.29 is 9.47 Å². The first kappa shape index (κ1) is 13.0. The number of thiazole rings is 1. The first-order valence-corrected chi connectivity index (χ1v) is 7.64. The number of benzene rings is 1. The largest absolute Gasteiger partial charge is 0.486 e. The molecule has 2 heterocycles. The summed E-state index contributed by atoms with van der Waals surface area (Å²) in [6.45, 7) is 1.79. The molecule has 7 heteroatoms. The molecule has 0 fully saturated rings. The van der Waals surface area contributed by atoms with Gasteiger partial charge in [-0.15, -0.1) is 11.3 Å². The number of hydrogen-bond donors (Lipinski definition) is 1. The molecule has 4 nitrogen and oxygen atoms in total. The zero-order valence-electron chi connectivity index (χ0n) is 9.78. The summed E-state index contributed by atoms with van der Waals surface area (Å²) in [6.07, 6.45) is 1.65. The first-order valence-electron chi connectivity index (χ1n) is 5.65. The molecular formula is C12H10BrClN2O2S. The SMILES string of the molecule is Clc1cnc(CNc2cc3c(cc2Br)OCCO3)s1. The number of nitrogens with one attached hydrogen (secondary N) is 1. The van der Waals surface area contributed by atoms with Crippen LogP contribution in [0.4, 0.5) is 5.69 Å². The maximum Gasteiger partial charge on any atom is 0.163 e. The molecule has 0 atom stereocenters. The Morgan fingerprint density at radius 2 is 2.05 bits per heavy atom. The van der Waals surface area contributed by atoms with E-state index in [0.717, 1.165) is 26.7 Å². The monoisotopic (exact) mass is 360 g/mol. The van der Waals surface area contributed by atoms with Crippen molar-refractivity contribution in [2.24, 2.45) is 0 Å². The van der Waals surface area contributed by atoms with E-state index in [1.165, 1.54) is 11.3 Å². The normalized spacial score (nSPS) is 13.4. The zero-order valence-corrected chi connectivity index (χ0v) is 12.9. The topological polar surface area (TPSA) is 43.4 Å². The first-order chi connectivity index (χ1) is 9.22. The molecule has 0 saturated heterocycles. The average Bonchev–Trinajstić information content (AvgIpc) is 2.82. The summed E-state index contributed by atoms with van der Waals surface area (Å²) in [7, 11) is 0. The maximum atomic E-state index is 5.85. The average molecular weight is 362 g/mol. The number of hydrogen-bond acceptors (Lipinski definition) is 5. The molecule has 1 aliphatic rings. The van der Waals surface area contributed by atoms with Crippen molar-refractivity contribution in [2.45, 2.75) is 6.54 Å². The van der Waals surface area contributed by atoms with E-state index in [4.69, 9.17) is 21.1 Å². The minimum absolute atomic E-state index is 0.580. The highest BCUT2D eigenvalue weighted by Crippen LogP contribution is 2.38. The molecule has 2 aromatic rings. The fourth-order valence-electron chi connectivity index (χ4n) is 1.74. The van der Waals surface area contributed by atoms with Gasteiger partial charge in [0.25, 0.3) is 0 Å². The third-order valence-electron chi connectivity index (χ3n) is 2.59. The van der Waals surface area contributed by atoms with Gasteiger partial charge in [0.2, 0.25) is 0 Å². The van der Waals surface area contributed by atoms with E-state index in [9.17, 15) is 0 Å². The van der Waals surface area contributed by atoms with Crippen LogP contribution in [0.5, 0.6) is 11.5 Å². The summed E-state index contributed by atoms with van der Waals surface area (Å²) < 4.78 is 12.7. The lowest BCUT2D eigenvalue weighted by Crippen LogP contribution is -2.15. The number of nitrogens with zero attached hydrogens (tertiary/aromatic N) is 1. The predicted octanol–water partition coefficient (Wildman–Crippen LogP) is 3.94. The summed E-state index contributed by atoms with van der Waals surface area (Å²) >= 11 is 10.8. The standard InChI is InChI=1S/C12H10BrClN2O2S/c13-7-3-9-10(18-2-1-17-9)4-8(7)15-6-12-16-5-11(14)19-12/h3-5,15H,1-2,6H2. The lowest BCUT2D eigenvalue weighted by atomic mass is 10.2. The van der Waals surface area contributed by atoms with Crippen LogP contribution in [-0.4, -0.2) is 18.2 Å². The molecule has 0 unspecified atom stereocenters. The quantitative estimate of drug-likeness (QED) is 0.899. The molecule has 0 spiro atoms. The van der Waals surface area contributed by atoms with E-state index < -0.39 is 0 Å². The van der Waals surface area contributed by atoms with Crippen molar-refractivity contribution >= 4 is 44.6 Å². The molecule has 1 aromatic carbocycles. The molecule has 1 aromatic heterocycles. The van der Waals surface area contributed by atoms with Gasteiger partial charge in [0, 0.05) is 16.6 Å². The van der Waals surface area contributed by atoms with E-state index in [-0.39, 0.29) is 0 Å². The van der Waals surface area contributed by atoms with E-state index in [1.807, 2.05) is 12.1 Å². The van der Waals surface area contributed by atoms with Crippen LogP contribution >= 0.6 is 38.9 Å². The van der Waals surface area contributed by atoms with Crippen molar-refractivity contribution in [1.29, 1.82) is 0 Å². The molecule has 19 heavy (non-hydrogen) atoms. The van der Waals surface area contributed by atoms with Crippen LogP contribution in [0.15, 0.2) is 22.8 Å². The molecular weight excluding hydrogens is 352 g/mol. The fraction of sp³-hybridized carbons (Fsp3) is 0.250. The van der Waals surface area contributed by atoms with Gasteiger partial charge in [-0.25, -0.2) is 4.98 Å². The van der Waals surface area contributed by atoms with Gasteiger partial charge < -0.3 is 14.8 Å². The van der Waals surface area contributed by atoms with Crippen LogP contribution < -0.4 is 14.8 Å². The molecule has 0 aliphatic carbocycles. The molecule has 0 radical (unpaired) electrons. The number of aromatic nitrogens is 1. The van der Waals surface area contributed by atoms with Gasteiger partial charge in [-0.2, -0.15) is 0 Å². The molecule has 1 N–H and O–H groups in total. The third-order valence-corrected chi connectivity index (χ3v) is 4.36. The van der Waals surface area contributed by atoms with Crippen LogP contribution in [-0.2, 0) is 6.54 Å². The van der Waals surface area contributed by atoms with E-state index in [0.29, 0.717) is 24.1 Å². The predicted molar refractivity (Wildman–Crippen MR) is 79.6 cm³/mol. The molecule has 100 valence electrons. The Hall–Kier alpha value is -0.980. The molecule has 0 amide bonds. The lowest BCUT2D eigenvalue weighted by Gasteiger charge is -2.20. The second-order valence-electron chi connectivity index (χ2n) is 3.89. The van der Waals surface area contributed by atoms with Gasteiger partial charge in [-0.1, -0.05) is 11.6 Å². The highest BCUT2D eigenvalue weighted by molar-refractivity contribution is 9.10. The highest BCUT2D eigenvalue weighted by Gasteiger charge is 2.14. The minimum atomic E-state index is 0.580. The smallest absolute Gasteiger partial charge is 0.163 e. The van der Waals surface area contributed by atoms with Gasteiger partial charge in [0.15, 0.2) is 11.5 Å². The number of anilines is 1. The van der Waals surface area contributed by atoms with E-state index >= 15 is 0 Å². The summed E-state index contributed by atoms with van der Waals surface area (Å²) in [4.78, 5) is 4.20. The number of halogens is 2. The second kappa shape index (κ2) is 5.56. The van der Waals surface area contributed by atoms with Gasteiger partial charge in [-0.05, 0) is 15.9 Å². The van der Waals surface area contributed by atoms with Crippen molar-refractivity contribution in [3.63, 3.8) is 0 Å². The van der Waals surface area contributed by atoms with Gasteiger partial charge in [0.05, 0.1) is 18.4 Å². The van der Waals surface area contributed by atoms with Crippen LogP contribution in [0.2, 0.25) is 4.34 Å². The van der Waals surface area contributed by atoms with Crippen LogP contribution in [0.25, 0.3) is 0 Å². The Bertz CT molecular complexity index is 605. The van der Waals surface area contributed by atoms with E-state index in [1.54, 1.807) is 6.20 Å². The molecule has 1 aliphatic heterocycles. The van der Waals surface area contributed by atoms with Gasteiger partial charge >= 0.3 is 0 Å². The van der Waals surface area contributed by atoms with Gasteiger partial charge in [-0.3, -0.25) is 0 Å². The van der Waals surface area contributed by atoms with E-state index in [2.05, 4.69) is 26.2 Å². The summed E-state index contributed by atoms with van der Waals surface area (Å²) in [5.41, 5.74) is 0.940. The number of rotatable bonds is 3. The highest BCUT2D eigenvalue weighted by atomic mass is 79.9. The van der Waals surface area contributed by atoms with Crippen LogP contribution in [0.1, 0.15) is 5.01 Å². The summed E-state index contributed by atoms with van der Waals surface area (Å²) in [5.74, 6) is 1.52. The van der Waals surface area contributed by atoms with Crippen molar-refractivity contribution in [1.82, 2.24) is 4.98 Å². The Balaban J connectivity index is 1.77. The Morgan fingerprint density at radius 1 is 1.32 bits per heavy atom. The number of ether oxygens (including phenoxy) is 2. The Kier molecular flexibility index (Phi) is 3.81. The van der Waals surface area contributed by atoms with Crippen molar-refractivity contribution in [2.75, 3.05) is 18.5 Å². The van der Waals surface area contributed by atoms with Crippen LogP contribution in [0, 0.1) is 0 Å². The third kappa shape index (κ3) is 2.96. The van der Waals surface area contributed by atoms with Gasteiger partial charge in [0.1, 0.15) is 22.6 Å². The summed E-state index contributed by atoms with van der Waals surface area (Å²) in [5, 5.41) is 4.24. The molecule has 3 rings (SSSR count). The maximum absolute atomic E-state index is 5.85. The van der Waals surface area contributed by atoms with Crippen molar-refractivity contribution in [3.05, 3.63) is 32.1 Å². The van der Waals surface area contributed by atoms with Crippen molar-refractivity contribution in [3.8, 4) is 11.5 Å². The molecule has 0 saturated carbocycles. The Labute approximate surface area is 127 Å².